The van der Waals surface area contributed by atoms with Crippen LogP contribution in [-0.2, 0) is 6.54 Å². The first-order valence-electron chi connectivity index (χ1n) is 4.21. The molecule has 13 heavy (non-hydrogen) atoms. The van der Waals surface area contributed by atoms with E-state index in [-0.39, 0.29) is 0 Å². The van der Waals surface area contributed by atoms with Crippen molar-refractivity contribution in [3.8, 4) is 11.3 Å². The number of aromatic nitrogens is 1. The van der Waals surface area contributed by atoms with Crippen LogP contribution in [0.4, 0.5) is 5.88 Å². The molecule has 3 nitrogen and oxygen atoms in total. The Balaban J connectivity index is 2.34. The van der Waals surface area contributed by atoms with Crippen LogP contribution in [0, 0.1) is 0 Å². The van der Waals surface area contributed by atoms with Crippen molar-refractivity contribution in [3.63, 3.8) is 0 Å². The van der Waals surface area contributed by atoms with Gasteiger partial charge in [-0.05, 0) is 18.2 Å². The zero-order chi connectivity index (χ0) is 8.67. The van der Waals surface area contributed by atoms with E-state index in [4.69, 9.17) is 4.42 Å². The Kier molecular flexibility index (Phi) is 1.22. The molecule has 0 radical (unpaired) electrons. The number of rotatable bonds is 0. The summed E-state index contributed by atoms with van der Waals surface area (Å²) in [4.78, 5) is 4.22. The maximum absolute atomic E-state index is 5.25. The highest BCUT2D eigenvalue weighted by Crippen LogP contribution is 2.32. The van der Waals surface area contributed by atoms with E-state index < -0.39 is 0 Å². The average molecular weight is 172 g/mol. The largest absolute Gasteiger partial charge is 0.446 e. The second kappa shape index (κ2) is 2.36. The summed E-state index contributed by atoms with van der Waals surface area (Å²) in [5.74, 6) is 0.706. The lowest BCUT2D eigenvalue weighted by molar-refractivity contribution is 0.579. The van der Waals surface area contributed by atoms with Gasteiger partial charge in [0.15, 0.2) is 0 Å². The molecular formula is C10H8N2O. The summed E-state index contributed by atoms with van der Waals surface area (Å²) >= 11 is 0. The van der Waals surface area contributed by atoms with Gasteiger partial charge in [0, 0.05) is 12.4 Å². The molecule has 64 valence electrons. The van der Waals surface area contributed by atoms with E-state index in [1.165, 1.54) is 5.69 Å². The number of aliphatic imine (C=N–C) groups is 1. The molecule has 0 N–H and O–H groups in total. The fraction of sp³-hybridized carbons (Fsp3) is 0.100. The van der Waals surface area contributed by atoms with E-state index in [9.17, 15) is 0 Å². The molecule has 2 aromatic heterocycles. The summed E-state index contributed by atoms with van der Waals surface area (Å²) in [6, 6.07) is 6.05. The van der Waals surface area contributed by atoms with Crippen molar-refractivity contribution in [2.24, 2.45) is 4.99 Å². The number of hydrogen-bond acceptors (Lipinski definition) is 2. The molecule has 0 aliphatic carbocycles. The molecule has 2 aromatic rings. The summed E-state index contributed by atoms with van der Waals surface area (Å²) in [5, 5.41) is 0. The monoisotopic (exact) mass is 172 g/mol. The lowest BCUT2D eigenvalue weighted by atomic mass is 10.2. The van der Waals surface area contributed by atoms with Gasteiger partial charge in [-0.2, -0.15) is 0 Å². The van der Waals surface area contributed by atoms with Crippen LogP contribution in [0.2, 0.25) is 0 Å². The highest BCUT2D eigenvalue weighted by molar-refractivity contribution is 5.77. The summed E-state index contributed by atoms with van der Waals surface area (Å²) < 4.78 is 7.39. The van der Waals surface area contributed by atoms with Gasteiger partial charge in [-0.15, -0.1) is 0 Å². The van der Waals surface area contributed by atoms with E-state index in [1.54, 1.807) is 6.26 Å². The van der Waals surface area contributed by atoms with Gasteiger partial charge >= 0.3 is 0 Å². The lowest BCUT2D eigenvalue weighted by Crippen LogP contribution is -1.96. The number of hydrogen-bond donors (Lipinski definition) is 0. The molecule has 0 spiro atoms. The van der Waals surface area contributed by atoms with Crippen LogP contribution in [0.1, 0.15) is 0 Å². The molecule has 1 aliphatic heterocycles. The fourth-order valence-corrected chi connectivity index (χ4v) is 1.63. The third kappa shape index (κ3) is 0.869. The van der Waals surface area contributed by atoms with Crippen LogP contribution in [0.3, 0.4) is 0 Å². The normalized spacial score (nSPS) is 13.5. The quantitative estimate of drug-likeness (QED) is 0.600. The van der Waals surface area contributed by atoms with Crippen LogP contribution in [0.5, 0.6) is 0 Å². The first-order valence-corrected chi connectivity index (χ1v) is 4.21. The Morgan fingerprint density at radius 2 is 2.38 bits per heavy atom. The first-order chi connectivity index (χ1) is 6.45. The summed E-state index contributed by atoms with van der Waals surface area (Å²) in [7, 11) is 0. The molecule has 0 unspecified atom stereocenters. The standard InChI is InChI=1S/C10H8N2O/c1-2-9-8-3-7-13-10(8)11-4-6-12(9)5-1/h1-5,7H,6H2. The van der Waals surface area contributed by atoms with Gasteiger partial charge in [0.25, 0.3) is 0 Å². The molecule has 3 heterocycles. The maximum Gasteiger partial charge on any atom is 0.227 e. The first kappa shape index (κ1) is 6.71. The van der Waals surface area contributed by atoms with Crippen LogP contribution in [0.25, 0.3) is 11.3 Å². The van der Waals surface area contributed by atoms with E-state index >= 15 is 0 Å². The number of nitrogens with zero attached hydrogens (tertiary/aromatic N) is 2. The molecule has 0 aromatic carbocycles. The van der Waals surface area contributed by atoms with Crippen molar-refractivity contribution in [1.82, 2.24) is 4.57 Å². The maximum atomic E-state index is 5.25. The van der Waals surface area contributed by atoms with E-state index in [2.05, 4.69) is 15.6 Å². The summed E-state index contributed by atoms with van der Waals surface area (Å²) in [5.41, 5.74) is 2.24. The fourth-order valence-electron chi connectivity index (χ4n) is 1.63. The van der Waals surface area contributed by atoms with Crippen molar-refractivity contribution < 1.29 is 4.42 Å². The third-order valence-corrected chi connectivity index (χ3v) is 2.24. The van der Waals surface area contributed by atoms with E-state index in [0.29, 0.717) is 5.88 Å². The van der Waals surface area contributed by atoms with Crippen LogP contribution < -0.4 is 0 Å². The van der Waals surface area contributed by atoms with Crippen molar-refractivity contribution in [3.05, 3.63) is 30.7 Å². The van der Waals surface area contributed by atoms with Crippen molar-refractivity contribution >= 4 is 12.1 Å². The van der Waals surface area contributed by atoms with Crippen molar-refractivity contribution in [2.45, 2.75) is 6.54 Å². The van der Waals surface area contributed by atoms with Crippen molar-refractivity contribution in [1.29, 1.82) is 0 Å². The molecule has 3 heteroatoms. The third-order valence-electron chi connectivity index (χ3n) is 2.24. The van der Waals surface area contributed by atoms with Gasteiger partial charge in [0.05, 0.1) is 24.1 Å². The van der Waals surface area contributed by atoms with E-state index in [0.717, 1.165) is 12.1 Å². The molecule has 0 saturated heterocycles. The van der Waals surface area contributed by atoms with Crippen molar-refractivity contribution in [2.75, 3.05) is 0 Å². The minimum Gasteiger partial charge on any atom is -0.446 e. The molecule has 0 fully saturated rings. The number of fused-ring (bicyclic) bond motifs is 3. The van der Waals surface area contributed by atoms with Crippen LogP contribution in [-0.4, -0.2) is 10.8 Å². The second-order valence-electron chi connectivity index (χ2n) is 3.00. The Bertz CT molecular complexity index is 465. The Labute approximate surface area is 75.3 Å². The molecule has 1 aliphatic rings. The molecular weight excluding hydrogens is 164 g/mol. The van der Waals surface area contributed by atoms with Crippen LogP contribution in [0.15, 0.2) is 40.1 Å². The molecule has 0 amide bonds. The van der Waals surface area contributed by atoms with E-state index in [1.807, 2.05) is 24.5 Å². The average Bonchev–Trinajstić information content (AvgIpc) is 2.72. The van der Waals surface area contributed by atoms with Gasteiger partial charge in [-0.3, -0.25) is 0 Å². The van der Waals surface area contributed by atoms with Gasteiger partial charge in [0.1, 0.15) is 0 Å². The Morgan fingerprint density at radius 3 is 3.38 bits per heavy atom. The molecule has 0 bridgehead atoms. The SMILES string of the molecule is C1=Nc2occc2-c2cccn2C1. The zero-order valence-electron chi connectivity index (χ0n) is 6.97. The second-order valence-corrected chi connectivity index (χ2v) is 3.00. The lowest BCUT2D eigenvalue weighted by Gasteiger charge is -2.00. The summed E-state index contributed by atoms with van der Waals surface area (Å²) in [6.45, 7) is 0.812. The smallest absolute Gasteiger partial charge is 0.227 e. The van der Waals surface area contributed by atoms with Gasteiger partial charge in [-0.1, -0.05) is 0 Å². The minimum absolute atomic E-state index is 0.706. The topological polar surface area (TPSA) is 30.4 Å². The Morgan fingerprint density at radius 1 is 1.38 bits per heavy atom. The zero-order valence-corrected chi connectivity index (χ0v) is 6.97. The highest BCUT2D eigenvalue weighted by atomic mass is 16.3. The predicted molar refractivity (Wildman–Crippen MR) is 50.3 cm³/mol. The minimum atomic E-state index is 0.706. The molecule has 0 atom stereocenters. The van der Waals surface area contributed by atoms with Gasteiger partial charge < -0.3 is 8.98 Å². The predicted octanol–water partition coefficient (Wildman–Crippen LogP) is 2.46. The summed E-state index contributed by atoms with van der Waals surface area (Å²) in [6.07, 6.45) is 5.58. The van der Waals surface area contributed by atoms with Crippen LogP contribution >= 0.6 is 0 Å². The Hall–Kier alpha value is -1.77. The molecule has 0 saturated carbocycles. The van der Waals surface area contributed by atoms with Gasteiger partial charge in [-0.25, -0.2) is 4.99 Å². The van der Waals surface area contributed by atoms with Gasteiger partial charge in [0.2, 0.25) is 5.88 Å². The molecule has 3 rings (SSSR count). The highest BCUT2D eigenvalue weighted by Gasteiger charge is 2.13. The number of furan rings is 1.